The van der Waals surface area contributed by atoms with Gasteiger partial charge in [0.05, 0.1) is 0 Å². The van der Waals surface area contributed by atoms with E-state index < -0.39 is 0 Å². The van der Waals surface area contributed by atoms with Gasteiger partial charge in [0.1, 0.15) is 16.8 Å². The number of nitrogens with zero attached hydrogens (tertiary/aromatic N) is 2. The first-order valence-electron chi connectivity index (χ1n) is 7.33. The molecule has 2 rings (SSSR count). The Morgan fingerprint density at radius 2 is 2.16 bits per heavy atom. The monoisotopic (exact) mass is 281 g/mol. The van der Waals surface area contributed by atoms with Gasteiger partial charge in [0.25, 0.3) is 0 Å². The van der Waals surface area contributed by atoms with E-state index in [4.69, 9.17) is 11.6 Å². The van der Waals surface area contributed by atoms with Crippen LogP contribution in [0.25, 0.3) is 0 Å². The predicted molar refractivity (Wildman–Crippen MR) is 80.7 cm³/mol. The molecule has 106 valence electrons. The highest BCUT2D eigenvalue weighted by Crippen LogP contribution is 2.28. The van der Waals surface area contributed by atoms with Gasteiger partial charge >= 0.3 is 0 Å². The standard InChI is InChI=1S/C15H24ClN3/c1-10(2)15-18-13(16)8-14(19-15)17-9-12-6-4-5-11(3)7-12/h8,10-12H,4-7,9H2,1-3H3,(H,17,18,19). The Balaban J connectivity index is 1.95. The maximum absolute atomic E-state index is 6.05. The summed E-state index contributed by atoms with van der Waals surface area (Å²) in [5.74, 6) is 3.60. The lowest BCUT2D eigenvalue weighted by Gasteiger charge is -2.27. The fourth-order valence-electron chi connectivity index (χ4n) is 2.78. The van der Waals surface area contributed by atoms with Crippen molar-refractivity contribution in [3.05, 3.63) is 17.0 Å². The third-order valence-corrected chi connectivity index (χ3v) is 4.04. The highest BCUT2D eigenvalue weighted by atomic mass is 35.5. The molecule has 0 aliphatic heterocycles. The zero-order valence-corrected chi connectivity index (χ0v) is 12.9. The van der Waals surface area contributed by atoms with Gasteiger partial charge in [-0.15, -0.1) is 0 Å². The largest absolute Gasteiger partial charge is 0.370 e. The van der Waals surface area contributed by atoms with Gasteiger partial charge < -0.3 is 5.32 Å². The van der Waals surface area contributed by atoms with Crippen LogP contribution in [-0.2, 0) is 0 Å². The van der Waals surface area contributed by atoms with E-state index in [0.29, 0.717) is 11.1 Å². The maximum atomic E-state index is 6.05. The highest BCUT2D eigenvalue weighted by Gasteiger charge is 2.18. The van der Waals surface area contributed by atoms with Gasteiger partial charge in [-0.25, -0.2) is 9.97 Å². The maximum Gasteiger partial charge on any atom is 0.135 e. The normalized spacial score (nSPS) is 23.6. The van der Waals surface area contributed by atoms with Crippen LogP contribution in [0, 0.1) is 11.8 Å². The summed E-state index contributed by atoms with van der Waals surface area (Å²) in [6.45, 7) is 7.51. The Bertz CT molecular complexity index is 420. The van der Waals surface area contributed by atoms with Gasteiger partial charge in [-0.2, -0.15) is 0 Å². The van der Waals surface area contributed by atoms with Crippen LogP contribution in [0.3, 0.4) is 0 Å². The van der Waals surface area contributed by atoms with Gasteiger partial charge in [-0.1, -0.05) is 45.2 Å². The van der Waals surface area contributed by atoms with Crippen molar-refractivity contribution in [3.8, 4) is 0 Å². The van der Waals surface area contributed by atoms with Crippen molar-refractivity contribution in [1.29, 1.82) is 0 Å². The van der Waals surface area contributed by atoms with E-state index in [1.165, 1.54) is 25.7 Å². The molecule has 0 saturated heterocycles. The molecule has 0 aromatic carbocycles. The summed E-state index contributed by atoms with van der Waals surface area (Å²) < 4.78 is 0. The molecule has 2 unspecified atom stereocenters. The Morgan fingerprint density at radius 3 is 2.84 bits per heavy atom. The second-order valence-corrected chi connectivity index (χ2v) is 6.49. The molecule has 3 nitrogen and oxygen atoms in total. The summed E-state index contributed by atoms with van der Waals surface area (Å²) >= 11 is 6.05. The molecule has 1 aliphatic carbocycles. The van der Waals surface area contributed by atoms with E-state index in [-0.39, 0.29) is 0 Å². The summed E-state index contributed by atoms with van der Waals surface area (Å²) in [4.78, 5) is 8.78. The summed E-state index contributed by atoms with van der Waals surface area (Å²) in [6, 6.07) is 1.82. The van der Waals surface area contributed by atoms with E-state index in [1.807, 2.05) is 6.07 Å². The molecule has 0 bridgehead atoms. The van der Waals surface area contributed by atoms with Crippen LogP contribution in [0.2, 0.25) is 5.15 Å². The fourth-order valence-corrected chi connectivity index (χ4v) is 2.97. The Kier molecular flexibility index (Phi) is 5.03. The van der Waals surface area contributed by atoms with Crippen molar-refractivity contribution in [1.82, 2.24) is 9.97 Å². The molecule has 0 spiro atoms. The average molecular weight is 282 g/mol. The number of aromatic nitrogens is 2. The van der Waals surface area contributed by atoms with E-state index in [1.54, 1.807) is 0 Å². The minimum atomic E-state index is 0.300. The van der Waals surface area contributed by atoms with Crippen molar-refractivity contribution in [3.63, 3.8) is 0 Å². The van der Waals surface area contributed by atoms with Crippen LogP contribution in [-0.4, -0.2) is 16.5 Å². The molecular weight excluding hydrogens is 258 g/mol. The second kappa shape index (κ2) is 6.56. The van der Waals surface area contributed by atoms with Gasteiger partial charge in [-0.05, 0) is 24.7 Å². The van der Waals surface area contributed by atoms with E-state index >= 15 is 0 Å². The number of nitrogens with one attached hydrogen (secondary N) is 1. The Hall–Kier alpha value is -0.830. The Labute approximate surface area is 121 Å². The molecule has 1 heterocycles. The zero-order valence-electron chi connectivity index (χ0n) is 12.1. The molecule has 0 amide bonds. The summed E-state index contributed by atoms with van der Waals surface area (Å²) in [5.41, 5.74) is 0. The molecule has 1 aromatic rings. The smallest absolute Gasteiger partial charge is 0.135 e. The number of hydrogen-bond donors (Lipinski definition) is 1. The second-order valence-electron chi connectivity index (χ2n) is 6.11. The van der Waals surface area contributed by atoms with Gasteiger partial charge in [0.15, 0.2) is 0 Å². The molecule has 1 aliphatic rings. The lowest BCUT2D eigenvalue weighted by Crippen LogP contribution is -2.21. The van der Waals surface area contributed by atoms with Crippen LogP contribution in [0.4, 0.5) is 5.82 Å². The number of hydrogen-bond acceptors (Lipinski definition) is 3. The van der Waals surface area contributed by atoms with Crippen molar-refractivity contribution in [2.45, 2.75) is 52.4 Å². The number of anilines is 1. The fraction of sp³-hybridized carbons (Fsp3) is 0.733. The molecule has 4 heteroatoms. The minimum absolute atomic E-state index is 0.300. The molecular formula is C15H24ClN3. The van der Waals surface area contributed by atoms with Gasteiger partial charge in [0, 0.05) is 18.5 Å². The van der Waals surface area contributed by atoms with Crippen LogP contribution in [0.5, 0.6) is 0 Å². The van der Waals surface area contributed by atoms with Crippen molar-refractivity contribution in [2.75, 3.05) is 11.9 Å². The molecule has 1 saturated carbocycles. The van der Waals surface area contributed by atoms with Gasteiger partial charge in [-0.3, -0.25) is 0 Å². The average Bonchev–Trinajstić information content (AvgIpc) is 2.36. The van der Waals surface area contributed by atoms with Crippen molar-refractivity contribution >= 4 is 17.4 Å². The summed E-state index contributed by atoms with van der Waals surface area (Å²) in [7, 11) is 0. The Morgan fingerprint density at radius 1 is 1.37 bits per heavy atom. The van der Waals surface area contributed by atoms with E-state index in [2.05, 4.69) is 36.1 Å². The molecule has 2 atom stereocenters. The van der Waals surface area contributed by atoms with Crippen LogP contribution < -0.4 is 5.32 Å². The summed E-state index contributed by atoms with van der Waals surface area (Å²) in [6.07, 6.45) is 5.39. The lowest BCUT2D eigenvalue weighted by atomic mass is 9.82. The quantitative estimate of drug-likeness (QED) is 0.826. The summed E-state index contributed by atoms with van der Waals surface area (Å²) in [5, 5.41) is 3.96. The minimum Gasteiger partial charge on any atom is -0.370 e. The van der Waals surface area contributed by atoms with E-state index in [0.717, 1.165) is 30.0 Å². The van der Waals surface area contributed by atoms with Crippen LogP contribution in [0.1, 0.15) is 58.2 Å². The third kappa shape index (κ3) is 4.34. The topological polar surface area (TPSA) is 37.8 Å². The van der Waals surface area contributed by atoms with Crippen LogP contribution in [0.15, 0.2) is 6.07 Å². The zero-order chi connectivity index (χ0) is 13.8. The number of rotatable bonds is 4. The van der Waals surface area contributed by atoms with Crippen molar-refractivity contribution < 1.29 is 0 Å². The predicted octanol–water partition coefficient (Wildman–Crippen LogP) is 4.49. The first kappa shape index (κ1) is 14.6. The SMILES string of the molecule is CC1CCCC(CNc2cc(Cl)nc(C(C)C)n2)C1. The molecule has 1 aromatic heterocycles. The molecule has 19 heavy (non-hydrogen) atoms. The van der Waals surface area contributed by atoms with E-state index in [9.17, 15) is 0 Å². The highest BCUT2D eigenvalue weighted by molar-refractivity contribution is 6.29. The first-order valence-corrected chi connectivity index (χ1v) is 7.70. The molecule has 1 N–H and O–H groups in total. The van der Waals surface area contributed by atoms with Crippen molar-refractivity contribution in [2.24, 2.45) is 11.8 Å². The molecule has 0 radical (unpaired) electrons. The number of halogens is 1. The lowest BCUT2D eigenvalue weighted by molar-refractivity contribution is 0.293. The molecule has 1 fully saturated rings. The third-order valence-electron chi connectivity index (χ3n) is 3.85. The van der Waals surface area contributed by atoms with Crippen LogP contribution >= 0.6 is 11.6 Å². The van der Waals surface area contributed by atoms with Gasteiger partial charge in [0.2, 0.25) is 0 Å². The first-order chi connectivity index (χ1) is 9.04.